The van der Waals surface area contributed by atoms with E-state index >= 15 is 0 Å². The maximum Gasteiger partial charge on any atom is 0.292 e. The van der Waals surface area contributed by atoms with Crippen LogP contribution in [0.3, 0.4) is 0 Å². The number of fused-ring (bicyclic) bond motifs is 1. The third-order valence-corrected chi connectivity index (χ3v) is 4.87. The second-order valence-electron chi connectivity index (χ2n) is 6.15. The van der Waals surface area contributed by atoms with E-state index in [2.05, 4.69) is 15.6 Å². The number of carbonyl (C=O) groups excluding carboxylic acids is 1. The first-order valence-electron chi connectivity index (χ1n) is 8.79. The smallest absolute Gasteiger partial charge is 0.267 e. The molecule has 0 spiro atoms. The highest BCUT2D eigenvalue weighted by molar-refractivity contribution is 6.42. The first-order valence-corrected chi connectivity index (χ1v) is 9.55. The third kappa shape index (κ3) is 4.40. The number of hydrazone groups is 1. The Morgan fingerprint density at radius 2 is 1.93 bits per heavy atom. The molecule has 0 unspecified atom stereocenters. The highest BCUT2D eigenvalue weighted by Gasteiger charge is 2.16. The second kappa shape index (κ2) is 8.99. The van der Waals surface area contributed by atoms with Gasteiger partial charge in [-0.15, -0.1) is 0 Å². The molecule has 0 fully saturated rings. The van der Waals surface area contributed by atoms with Crippen molar-refractivity contribution in [2.75, 3.05) is 0 Å². The van der Waals surface area contributed by atoms with Crippen molar-refractivity contribution in [3.63, 3.8) is 0 Å². The number of hydrogen-bond acceptors (Lipinski definition) is 4. The van der Waals surface area contributed by atoms with Gasteiger partial charge in [0.2, 0.25) is 0 Å². The summed E-state index contributed by atoms with van der Waals surface area (Å²) in [5.74, 6) is -0.502. The molecule has 0 saturated heterocycles. The van der Waals surface area contributed by atoms with Crippen molar-refractivity contribution in [3.8, 4) is 0 Å². The maximum absolute atomic E-state index is 12.7. The minimum absolute atomic E-state index is 0.151. The molecule has 0 atom stereocenters. The van der Waals surface area contributed by atoms with Crippen LogP contribution < -0.4 is 11.0 Å². The fourth-order valence-corrected chi connectivity index (χ4v) is 2.98. The summed E-state index contributed by atoms with van der Waals surface area (Å²) >= 11 is 11.8. The summed E-state index contributed by atoms with van der Waals surface area (Å²) in [7, 11) is 0. The molecule has 1 amide bonds. The Morgan fingerprint density at radius 3 is 2.64 bits per heavy atom. The summed E-state index contributed by atoms with van der Waals surface area (Å²) in [6.45, 7) is 2.48. The predicted octanol–water partition coefficient (Wildman–Crippen LogP) is 4.27. The summed E-state index contributed by atoms with van der Waals surface area (Å²) in [5, 5.41) is 10.00. The average molecular weight is 417 g/mol. The van der Waals surface area contributed by atoms with Crippen molar-refractivity contribution >= 4 is 46.1 Å². The van der Waals surface area contributed by atoms with Gasteiger partial charge in [0.1, 0.15) is 0 Å². The lowest BCUT2D eigenvalue weighted by Gasteiger charge is -2.09. The van der Waals surface area contributed by atoms with Crippen LogP contribution in [0.15, 0.2) is 52.4 Å². The van der Waals surface area contributed by atoms with E-state index < -0.39 is 5.91 Å². The third-order valence-electron chi connectivity index (χ3n) is 4.13. The van der Waals surface area contributed by atoms with Gasteiger partial charge in [0.15, 0.2) is 5.69 Å². The number of aromatic nitrogens is 2. The van der Waals surface area contributed by atoms with Crippen LogP contribution >= 0.6 is 23.2 Å². The van der Waals surface area contributed by atoms with E-state index in [1.165, 1.54) is 10.9 Å². The van der Waals surface area contributed by atoms with Crippen molar-refractivity contribution in [2.24, 2.45) is 5.10 Å². The molecular formula is C20H18Cl2N4O2. The molecule has 1 N–H and O–H groups in total. The van der Waals surface area contributed by atoms with Gasteiger partial charge in [-0.25, -0.2) is 10.1 Å². The molecule has 2 aromatic carbocycles. The van der Waals surface area contributed by atoms with Crippen molar-refractivity contribution in [2.45, 2.75) is 26.3 Å². The molecule has 0 radical (unpaired) electrons. The largest absolute Gasteiger partial charge is 0.292 e. The van der Waals surface area contributed by atoms with Gasteiger partial charge in [0.05, 0.1) is 21.6 Å². The number of nitrogens with one attached hydrogen (secondary N) is 1. The van der Waals surface area contributed by atoms with Crippen LogP contribution in [0.1, 0.15) is 35.8 Å². The number of halogens is 2. The molecule has 3 aromatic rings. The summed E-state index contributed by atoms with van der Waals surface area (Å²) in [6, 6.07) is 11.9. The highest BCUT2D eigenvalue weighted by atomic mass is 35.5. The van der Waals surface area contributed by atoms with Crippen LogP contribution in [0.2, 0.25) is 10.0 Å². The monoisotopic (exact) mass is 416 g/mol. The van der Waals surface area contributed by atoms with E-state index in [1.807, 2.05) is 6.92 Å². The van der Waals surface area contributed by atoms with Crippen molar-refractivity contribution in [3.05, 3.63) is 74.1 Å². The van der Waals surface area contributed by atoms with E-state index in [-0.39, 0.29) is 11.3 Å². The Bertz CT molecular complexity index is 1110. The van der Waals surface area contributed by atoms with Gasteiger partial charge < -0.3 is 0 Å². The number of carbonyl (C=O) groups is 1. The predicted molar refractivity (Wildman–Crippen MR) is 112 cm³/mol. The maximum atomic E-state index is 12.7. The van der Waals surface area contributed by atoms with Gasteiger partial charge >= 0.3 is 0 Å². The zero-order valence-corrected chi connectivity index (χ0v) is 16.7. The molecule has 1 aromatic heterocycles. The topological polar surface area (TPSA) is 76.3 Å². The summed E-state index contributed by atoms with van der Waals surface area (Å²) in [5.41, 5.74) is 3.08. The van der Waals surface area contributed by atoms with Gasteiger partial charge in [0, 0.05) is 11.9 Å². The Balaban J connectivity index is 1.90. The molecule has 3 rings (SSSR count). The normalized spacial score (nSPS) is 11.2. The summed E-state index contributed by atoms with van der Waals surface area (Å²) in [4.78, 5) is 25.2. The number of aryl methyl sites for hydroxylation is 1. The molecule has 6 nitrogen and oxygen atoms in total. The Morgan fingerprint density at radius 1 is 1.18 bits per heavy atom. The van der Waals surface area contributed by atoms with Crippen LogP contribution in [-0.4, -0.2) is 21.9 Å². The summed E-state index contributed by atoms with van der Waals surface area (Å²) in [6.07, 6.45) is 3.16. The number of rotatable bonds is 6. The van der Waals surface area contributed by atoms with E-state index in [0.717, 1.165) is 12.8 Å². The molecule has 0 aliphatic heterocycles. The van der Waals surface area contributed by atoms with Crippen molar-refractivity contribution in [1.82, 2.24) is 15.2 Å². The van der Waals surface area contributed by atoms with Crippen LogP contribution in [0, 0.1) is 0 Å². The molecule has 8 heteroatoms. The Hall–Kier alpha value is -2.70. The van der Waals surface area contributed by atoms with Crippen LogP contribution in [0.25, 0.3) is 10.8 Å². The number of hydrogen-bond donors (Lipinski definition) is 1. The minimum atomic E-state index is -0.502. The average Bonchev–Trinajstić information content (AvgIpc) is 2.70. The minimum Gasteiger partial charge on any atom is -0.267 e. The molecule has 0 saturated carbocycles. The zero-order chi connectivity index (χ0) is 20.1. The van der Waals surface area contributed by atoms with Crippen molar-refractivity contribution in [1.29, 1.82) is 0 Å². The van der Waals surface area contributed by atoms with Crippen molar-refractivity contribution < 1.29 is 4.79 Å². The first kappa shape index (κ1) is 20.0. The zero-order valence-electron chi connectivity index (χ0n) is 15.2. The van der Waals surface area contributed by atoms with Crippen LogP contribution in [0.4, 0.5) is 0 Å². The second-order valence-corrected chi connectivity index (χ2v) is 6.96. The molecule has 0 aliphatic rings. The molecule has 144 valence electrons. The summed E-state index contributed by atoms with van der Waals surface area (Å²) < 4.78 is 1.34. The van der Waals surface area contributed by atoms with Gasteiger partial charge in [-0.2, -0.15) is 10.2 Å². The van der Waals surface area contributed by atoms with Crippen LogP contribution in [0.5, 0.6) is 0 Å². The van der Waals surface area contributed by atoms with Crippen LogP contribution in [-0.2, 0) is 6.54 Å². The molecule has 0 aliphatic carbocycles. The van der Waals surface area contributed by atoms with Gasteiger partial charge in [-0.05, 0) is 30.2 Å². The number of benzene rings is 2. The fraction of sp³-hybridized carbons (Fsp3) is 0.200. The van der Waals surface area contributed by atoms with E-state index in [0.29, 0.717) is 32.9 Å². The molecule has 28 heavy (non-hydrogen) atoms. The molecule has 1 heterocycles. The highest BCUT2D eigenvalue weighted by Crippen LogP contribution is 2.21. The van der Waals surface area contributed by atoms with E-state index in [9.17, 15) is 9.59 Å². The lowest BCUT2D eigenvalue weighted by Crippen LogP contribution is -2.29. The van der Waals surface area contributed by atoms with Gasteiger partial charge in [-0.3, -0.25) is 9.59 Å². The number of nitrogens with zero attached hydrogens (tertiary/aromatic N) is 3. The number of unbranched alkanes of at least 4 members (excludes halogenated alkanes) is 1. The first-order chi connectivity index (χ1) is 13.5. The van der Waals surface area contributed by atoms with E-state index in [1.54, 1.807) is 42.5 Å². The standard InChI is InChI=1S/C20H18Cl2N4O2/c1-2-3-10-26-20(28)15-7-5-4-6-14(15)18(25-26)19(27)24-23-12-13-8-9-16(21)17(22)11-13/h4-9,11-12H,2-3,10H2,1H3,(H,24,27)/b23-12-. The lowest BCUT2D eigenvalue weighted by atomic mass is 10.1. The SMILES string of the molecule is CCCCn1nc(C(=O)N/N=C\c2ccc(Cl)c(Cl)c2)c2ccccc2c1=O. The fourth-order valence-electron chi connectivity index (χ4n) is 2.67. The Kier molecular flexibility index (Phi) is 6.44. The van der Waals surface area contributed by atoms with E-state index in [4.69, 9.17) is 23.2 Å². The quantitative estimate of drug-likeness (QED) is 0.481. The van der Waals surface area contributed by atoms with Gasteiger partial charge in [-0.1, -0.05) is 60.8 Å². The van der Waals surface area contributed by atoms with Gasteiger partial charge in [0.25, 0.3) is 11.5 Å². The number of amides is 1. The lowest BCUT2D eigenvalue weighted by molar-refractivity contribution is 0.0949. The molecular weight excluding hydrogens is 399 g/mol. The Labute approximate surface area is 171 Å². The molecule has 0 bridgehead atoms.